The van der Waals surface area contributed by atoms with Crippen molar-refractivity contribution in [3.05, 3.63) is 35.2 Å². The summed E-state index contributed by atoms with van der Waals surface area (Å²) < 4.78 is 0. The van der Waals surface area contributed by atoms with Crippen molar-refractivity contribution in [2.75, 3.05) is 5.32 Å². The van der Waals surface area contributed by atoms with Gasteiger partial charge in [-0.3, -0.25) is 9.59 Å². The molecule has 3 atom stereocenters. The van der Waals surface area contributed by atoms with Gasteiger partial charge >= 0.3 is 0 Å². The molecule has 1 saturated carbocycles. The van der Waals surface area contributed by atoms with E-state index >= 15 is 0 Å². The Balaban J connectivity index is 1.69. The zero-order valence-electron chi connectivity index (χ0n) is 13.5. The monoisotopic (exact) mass is 330 g/mol. The Bertz CT molecular complexity index is 656. The molecular weight excluding hydrogens is 308 g/mol. The molecule has 1 fully saturated rings. The van der Waals surface area contributed by atoms with Crippen LogP contribution < -0.4 is 10.6 Å². The number of amides is 2. The third kappa shape index (κ3) is 3.61. The highest BCUT2D eigenvalue weighted by Gasteiger charge is 2.28. The summed E-state index contributed by atoms with van der Waals surface area (Å²) in [6.45, 7) is 4.43. The van der Waals surface area contributed by atoms with Crippen LogP contribution in [0.15, 0.2) is 40.1 Å². The van der Waals surface area contributed by atoms with Gasteiger partial charge in [0, 0.05) is 17.0 Å². The van der Waals surface area contributed by atoms with Gasteiger partial charge in [0.05, 0.1) is 10.6 Å². The van der Waals surface area contributed by atoms with E-state index in [1.165, 1.54) is 24.3 Å². The first-order chi connectivity index (χ1) is 11.0. The standard InChI is InChI=1S/C18H22N2O2S/c1-11-6-5-8-13(12(11)2)19-17(21)10-16-18(22)20-14-7-3-4-9-15(14)23-16/h3-4,7,9-13H,5-6,8H2,1-2H3,(H,19,21)(H,20,22)/b16-10-. The van der Waals surface area contributed by atoms with E-state index in [1.807, 2.05) is 24.3 Å². The van der Waals surface area contributed by atoms with Gasteiger partial charge in [-0.25, -0.2) is 0 Å². The van der Waals surface area contributed by atoms with Crippen LogP contribution in [0.3, 0.4) is 0 Å². The Kier molecular flexibility index (Phi) is 4.76. The molecule has 1 aliphatic carbocycles. The van der Waals surface area contributed by atoms with Crippen LogP contribution in [-0.2, 0) is 9.59 Å². The Morgan fingerprint density at radius 3 is 2.91 bits per heavy atom. The highest BCUT2D eigenvalue weighted by atomic mass is 32.2. The molecule has 1 heterocycles. The normalized spacial score (nSPS) is 28.9. The lowest BCUT2D eigenvalue weighted by Gasteiger charge is -2.34. The number of hydrogen-bond donors (Lipinski definition) is 2. The van der Waals surface area contributed by atoms with Gasteiger partial charge in [0.1, 0.15) is 0 Å². The molecule has 0 radical (unpaired) electrons. The van der Waals surface area contributed by atoms with Crippen molar-refractivity contribution in [2.45, 2.75) is 44.0 Å². The minimum atomic E-state index is -0.214. The summed E-state index contributed by atoms with van der Waals surface area (Å²) >= 11 is 1.35. The predicted molar refractivity (Wildman–Crippen MR) is 93.1 cm³/mol. The molecule has 2 amide bonds. The molecule has 23 heavy (non-hydrogen) atoms. The van der Waals surface area contributed by atoms with Crippen molar-refractivity contribution < 1.29 is 9.59 Å². The maximum atomic E-state index is 12.3. The summed E-state index contributed by atoms with van der Waals surface area (Å²) in [5.74, 6) is 0.711. The van der Waals surface area contributed by atoms with Gasteiger partial charge in [-0.2, -0.15) is 0 Å². The number of carbonyl (C=O) groups excluding carboxylic acids is 2. The zero-order valence-corrected chi connectivity index (χ0v) is 14.3. The highest BCUT2D eigenvalue weighted by molar-refractivity contribution is 8.04. The van der Waals surface area contributed by atoms with E-state index in [4.69, 9.17) is 0 Å². The molecular formula is C18H22N2O2S. The summed E-state index contributed by atoms with van der Waals surface area (Å²) in [5.41, 5.74) is 0.801. The van der Waals surface area contributed by atoms with Crippen LogP contribution in [0.25, 0.3) is 0 Å². The number of thioether (sulfide) groups is 1. The van der Waals surface area contributed by atoms with Crippen LogP contribution in [0.4, 0.5) is 5.69 Å². The Hall–Kier alpha value is -1.75. The Morgan fingerprint density at radius 2 is 2.09 bits per heavy atom. The van der Waals surface area contributed by atoms with Crippen molar-refractivity contribution in [3.63, 3.8) is 0 Å². The second-order valence-electron chi connectivity index (χ2n) is 6.44. The van der Waals surface area contributed by atoms with E-state index in [1.54, 1.807) is 0 Å². The predicted octanol–water partition coefficient (Wildman–Crippen LogP) is 3.56. The smallest absolute Gasteiger partial charge is 0.262 e. The number of benzene rings is 1. The fourth-order valence-corrected chi connectivity index (χ4v) is 4.15. The molecule has 0 aromatic heterocycles. The minimum Gasteiger partial charge on any atom is -0.350 e. The zero-order chi connectivity index (χ0) is 16.4. The van der Waals surface area contributed by atoms with E-state index in [0.29, 0.717) is 16.7 Å². The molecule has 4 nitrogen and oxygen atoms in total. The van der Waals surface area contributed by atoms with Gasteiger partial charge in [0.25, 0.3) is 5.91 Å². The van der Waals surface area contributed by atoms with Gasteiger partial charge in [-0.05, 0) is 30.4 Å². The van der Waals surface area contributed by atoms with E-state index in [-0.39, 0.29) is 17.9 Å². The van der Waals surface area contributed by atoms with Crippen molar-refractivity contribution >= 4 is 29.3 Å². The van der Waals surface area contributed by atoms with Crippen LogP contribution in [0.5, 0.6) is 0 Å². The molecule has 122 valence electrons. The average Bonchev–Trinajstić information content (AvgIpc) is 2.52. The van der Waals surface area contributed by atoms with Crippen LogP contribution in [-0.4, -0.2) is 17.9 Å². The van der Waals surface area contributed by atoms with E-state index < -0.39 is 0 Å². The lowest BCUT2D eigenvalue weighted by molar-refractivity contribution is -0.118. The number of anilines is 1. The lowest BCUT2D eigenvalue weighted by Crippen LogP contribution is -2.43. The second-order valence-corrected chi connectivity index (χ2v) is 7.53. The molecule has 3 unspecified atom stereocenters. The van der Waals surface area contributed by atoms with Crippen LogP contribution in [0.2, 0.25) is 0 Å². The van der Waals surface area contributed by atoms with Crippen LogP contribution in [0.1, 0.15) is 33.1 Å². The molecule has 0 saturated heterocycles. The molecule has 2 aliphatic rings. The molecule has 1 aliphatic heterocycles. The number of nitrogens with one attached hydrogen (secondary N) is 2. The Labute approximate surface area is 141 Å². The quantitative estimate of drug-likeness (QED) is 0.815. The first-order valence-electron chi connectivity index (χ1n) is 8.15. The first kappa shape index (κ1) is 16.1. The van der Waals surface area contributed by atoms with Gasteiger partial charge in [-0.15, -0.1) is 0 Å². The fraction of sp³-hybridized carbons (Fsp3) is 0.444. The molecule has 3 rings (SSSR count). The molecule has 1 aromatic rings. The number of hydrogen-bond acceptors (Lipinski definition) is 3. The summed E-state index contributed by atoms with van der Waals surface area (Å²) in [6, 6.07) is 7.81. The van der Waals surface area contributed by atoms with Crippen molar-refractivity contribution in [1.29, 1.82) is 0 Å². The van der Waals surface area contributed by atoms with Gasteiger partial charge in [0.15, 0.2) is 0 Å². The largest absolute Gasteiger partial charge is 0.350 e. The van der Waals surface area contributed by atoms with Crippen molar-refractivity contribution in [2.24, 2.45) is 11.8 Å². The van der Waals surface area contributed by atoms with E-state index in [0.717, 1.165) is 23.4 Å². The number of para-hydroxylation sites is 1. The third-order valence-corrected chi connectivity index (χ3v) is 5.97. The van der Waals surface area contributed by atoms with Crippen molar-refractivity contribution in [3.8, 4) is 0 Å². The molecule has 2 N–H and O–H groups in total. The van der Waals surface area contributed by atoms with Crippen molar-refractivity contribution in [1.82, 2.24) is 5.32 Å². The topological polar surface area (TPSA) is 58.2 Å². The average molecular weight is 330 g/mol. The van der Waals surface area contributed by atoms with E-state index in [2.05, 4.69) is 24.5 Å². The number of fused-ring (bicyclic) bond motifs is 1. The first-order valence-corrected chi connectivity index (χ1v) is 8.96. The van der Waals surface area contributed by atoms with Gasteiger partial charge in [0.2, 0.25) is 5.91 Å². The lowest BCUT2D eigenvalue weighted by atomic mass is 9.78. The molecule has 5 heteroatoms. The van der Waals surface area contributed by atoms with E-state index in [9.17, 15) is 9.59 Å². The Morgan fingerprint density at radius 1 is 1.30 bits per heavy atom. The molecule has 1 aromatic carbocycles. The molecule has 0 bridgehead atoms. The minimum absolute atomic E-state index is 0.173. The third-order valence-electron chi connectivity index (χ3n) is 4.88. The summed E-state index contributed by atoms with van der Waals surface area (Å²) in [6.07, 6.45) is 4.82. The highest BCUT2D eigenvalue weighted by Crippen LogP contribution is 2.37. The maximum Gasteiger partial charge on any atom is 0.262 e. The fourth-order valence-electron chi connectivity index (χ4n) is 3.23. The summed E-state index contributed by atoms with van der Waals surface area (Å²) in [4.78, 5) is 25.8. The number of carbonyl (C=O) groups is 2. The summed E-state index contributed by atoms with van der Waals surface area (Å²) in [5, 5.41) is 5.91. The van der Waals surface area contributed by atoms with Crippen LogP contribution >= 0.6 is 11.8 Å². The van der Waals surface area contributed by atoms with Gasteiger partial charge < -0.3 is 10.6 Å². The SMILES string of the molecule is CC1CCCC(NC(=O)/C=C2\Sc3ccccc3NC2=O)C1C. The number of rotatable bonds is 2. The second kappa shape index (κ2) is 6.79. The maximum absolute atomic E-state index is 12.3. The van der Waals surface area contributed by atoms with Crippen LogP contribution in [0, 0.1) is 11.8 Å². The summed E-state index contributed by atoms with van der Waals surface area (Å²) in [7, 11) is 0. The molecule has 0 spiro atoms. The van der Waals surface area contributed by atoms with Gasteiger partial charge in [-0.1, -0.05) is 50.6 Å².